The number of methoxy groups -OCH3 is 1. The van der Waals surface area contributed by atoms with Crippen LogP contribution >= 0.6 is 12.2 Å². The molecule has 2 N–H and O–H groups in total. The highest BCUT2D eigenvalue weighted by Crippen LogP contribution is 2.11. The van der Waals surface area contributed by atoms with E-state index in [1.165, 1.54) is 7.11 Å². The molecule has 0 saturated heterocycles. The summed E-state index contributed by atoms with van der Waals surface area (Å²) in [4.78, 5) is 11.4. The summed E-state index contributed by atoms with van der Waals surface area (Å²) in [5, 5.41) is 6.87. The minimum atomic E-state index is -0.359. The average Bonchev–Trinajstić information content (AvgIpc) is 2.44. The summed E-state index contributed by atoms with van der Waals surface area (Å²) in [6.07, 6.45) is 2.03. The molecule has 0 radical (unpaired) electrons. The van der Waals surface area contributed by atoms with Gasteiger partial charge in [-0.1, -0.05) is 19.9 Å². The van der Waals surface area contributed by atoms with Gasteiger partial charge in [-0.2, -0.15) is 0 Å². The number of esters is 1. The van der Waals surface area contributed by atoms with Crippen molar-refractivity contribution in [2.75, 3.05) is 12.4 Å². The van der Waals surface area contributed by atoms with Gasteiger partial charge in [0.15, 0.2) is 5.11 Å². The molecular weight excluding hydrogens is 260 g/mol. The van der Waals surface area contributed by atoms with Crippen molar-refractivity contribution in [2.45, 2.75) is 32.7 Å². The fourth-order valence-corrected chi connectivity index (χ4v) is 1.97. The van der Waals surface area contributed by atoms with Gasteiger partial charge in [0.25, 0.3) is 0 Å². The topological polar surface area (TPSA) is 50.4 Å². The lowest BCUT2D eigenvalue weighted by Crippen LogP contribution is -2.36. The molecule has 0 fully saturated rings. The minimum absolute atomic E-state index is 0.359. The summed E-state index contributed by atoms with van der Waals surface area (Å²) in [6.45, 7) is 4.23. The van der Waals surface area contributed by atoms with Crippen LogP contribution in [0.25, 0.3) is 0 Å². The second kappa shape index (κ2) is 7.74. The molecule has 0 bridgehead atoms. The number of hydrogen-bond donors (Lipinski definition) is 2. The van der Waals surface area contributed by atoms with E-state index in [0.29, 0.717) is 16.7 Å². The second-order valence-corrected chi connectivity index (χ2v) is 4.59. The van der Waals surface area contributed by atoms with E-state index >= 15 is 0 Å². The quantitative estimate of drug-likeness (QED) is 0.641. The Labute approximate surface area is 119 Å². The summed E-state index contributed by atoms with van der Waals surface area (Å²) < 4.78 is 4.68. The molecule has 0 spiro atoms. The molecule has 5 heteroatoms. The zero-order chi connectivity index (χ0) is 14.3. The van der Waals surface area contributed by atoms with E-state index in [0.717, 1.165) is 18.5 Å². The van der Waals surface area contributed by atoms with Gasteiger partial charge in [-0.3, -0.25) is 0 Å². The maximum atomic E-state index is 11.4. The van der Waals surface area contributed by atoms with E-state index in [-0.39, 0.29) is 5.97 Å². The van der Waals surface area contributed by atoms with Crippen molar-refractivity contribution >= 4 is 29.0 Å². The number of ether oxygens (including phenoxy) is 1. The van der Waals surface area contributed by atoms with Gasteiger partial charge in [0, 0.05) is 11.7 Å². The summed E-state index contributed by atoms with van der Waals surface area (Å²) in [5.41, 5.74) is 1.27. The molecule has 0 saturated carbocycles. The van der Waals surface area contributed by atoms with Crippen molar-refractivity contribution in [1.82, 2.24) is 5.32 Å². The van der Waals surface area contributed by atoms with Gasteiger partial charge in [0.05, 0.1) is 12.7 Å². The van der Waals surface area contributed by atoms with Crippen LogP contribution in [0.4, 0.5) is 5.69 Å². The van der Waals surface area contributed by atoms with E-state index < -0.39 is 0 Å². The third-order valence-corrected chi connectivity index (χ3v) is 3.08. The smallest absolute Gasteiger partial charge is 0.337 e. The number of thiocarbonyl (C=S) groups is 1. The van der Waals surface area contributed by atoms with E-state index in [1.807, 2.05) is 6.07 Å². The summed E-state index contributed by atoms with van der Waals surface area (Å²) in [5.74, 6) is -0.359. The highest BCUT2D eigenvalue weighted by atomic mass is 32.1. The Balaban J connectivity index is 2.66. The lowest BCUT2D eigenvalue weighted by molar-refractivity contribution is 0.0601. The standard InChI is InChI=1S/C14H20N2O2S/c1-4-11(5-2)15-14(19)16-12-8-6-7-10(9-12)13(17)18-3/h6-9,11H,4-5H2,1-3H3,(H2,15,16,19). The molecule has 0 atom stereocenters. The van der Waals surface area contributed by atoms with Gasteiger partial charge in [-0.25, -0.2) is 4.79 Å². The van der Waals surface area contributed by atoms with E-state index in [1.54, 1.807) is 18.2 Å². The maximum absolute atomic E-state index is 11.4. The first-order valence-corrected chi connectivity index (χ1v) is 6.77. The molecule has 4 nitrogen and oxygen atoms in total. The molecule has 0 heterocycles. The Morgan fingerprint density at radius 3 is 2.63 bits per heavy atom. The second-order valence-electron chi connectivity index (χ2n) is 4.18. The molecule has 19 heavy (non-hydrogen) atoms. The molecule has 0 aliphatic carbocycles. The summed E-state index contributed by atoms with van der Waals surface area (Å²) in [6, 6.07) is 7.42. The Hall–Kier alpha value is -1.62. The van der Waals surface area contributed by atoms with Gasteiger partial charge in [0.1, 0.15) is 0 Å². The van der Waals surface area contributed by atoms with E-state index in [4.69, 9.17) is 12.2 Å². The largest absolute Gasteiger partial charge is 0.465 e. The predicted octanol–water partition coefficient (Wildman–Crippen LogP) is 2.95. The zero-order valence-electron chi connectivity index (χ0n) is 11.5. The van der Waals surface area contributed by atoms with Crippen molar-refractivity contribution < 1.29 is 9.53 Å². The molecule has 1 aromatic rings. The van der Waals surface area contributed by atoms with Crippen molar-refractivity contribution in [1.29, 1.82) is 0 Å². The lowest BCUT2D eigenvalue weighted by atomic mass is 10.2. The van der Waals surface area contributed by atoms with Gasteiger partial charge in [-0.05, 0) is 43.3 Å². The number of nitrogens with one attached hydrogen (secondary N) is 2. The van der Waals surface area contributed by atoms with Gasteiger partial charge in [-0.15, -0.1) is 0 Å². The van der Waals surface area contributed by atoms with Crippen LogP contribution < -0.4 is 10.6 Å². The van der Waals surface area contributed by atoms with Gasteiger partial charge in [0.2, 0.25) is 0 Å². The summed E-state index contributed by atoms with van der Waals surface area (Å²) in [7, 11) is 1.36. The molecular formula is C14H20N2O2S. The molecule has 0 amide bonds. The van der Waals surface area contributed by atoms with Crippen LogP contribution in [0.15, 0.2) is 24.3 Å². The van der Waals surface area contributed by atoms with Crippen molar-refractivity contribution in [3.63, 3.8) is 0 Å². The molecule has 0 aliphatic heterocycles. The van der Waals surface area contributed by atoms with Crippen LogP contribution in [-0.2, 0) is 4.74 Å². The van der Waals surface area contributed by atoms with Crippen LogP contribution in [-0.4, -0.2) is 24.2 Å². The summed E-state index contributed by atoms with van der Waals surface area (Å²) >= 11 is 5.24. The first kappa shape index (κ1) is 15.4. The van der Waals surface area contributed by atoms with Crippen LogP contribution in [0, 0.1) is 0 Å². The van der Waals surface area contributed by atoms with Crippen molar-refractivity contribution in [3.05, 3.63) is 29.8 Å². The van der Waals surface area contributed by atoms with Crippen LogP contribution in [0.1, 0.15) is 37.0 Å². The number of hydrogen-bond acceptors (Lipinski definition) is 3. The van der Waals surface area contributed by atoms with Gasteiger partial charge >= 0.3 is 5.97 Å². The van der Waals surface area contributed by atoms with Crippen LogP contribution in [0.3, 0.4) is 0 Å². The Kier molecular flexibility index (Phi) is 6.29. The van der Waals surface area contributed by atoms with E-state index in [2.05, 4.69) is 29.2 Å². The Morgan fingerprint density at radius 2 is 2.05 bits per heavy atom. The molecule has 1 rings (SSSR count). The first-order chi connectivity index (χ1) is 9.10. The SMILES string of the molecule is CCC(CC)NC(=S)Nc1cccc(C(=O)OC)c1. The predicted molar refractivity (Wildman–Crippen MR) is 81.5 cm³/mol. The molecule has 0 aromatic heterocycles. The molecule has 0 unspecified atom stereocenters. The molecule has 0 aliphatic rings. The minimum Gasteiger partial charge on any atom is -0.465 e. The first-order valence-electron chi connectivity index (χ1n) is 6.36. The Morgan fingerprint density at radius 1 is 1.37 bits per heavy atom. The monoisotopic (exact) mass is 280 g/mol. The van der Waals surface area contributed by atoms with Crippen molar-refractivity contribution in [2.24, 2.45) is 0 Å². The number of anilines is 1. The number of carbonyl (C=O) groups is 1. The van der Waals surface area contributed by atoms with Crippen LogP contribution in [0.2, 0.25) is 0 Å². The maximum Gasteiger partial charge on any atom is 0.337 e. The lowest BCUT2D eigenvalue weighted by Gasteiger charge is -2.18. The number of carbonyl (C=O) groups excluding carboxylic acids is 1. The molecule has 1 aromatic carbocycles. The van der Waals surface area contributed by atoms with Crippen molar-refractivity contribution in [3.8, 4) is 0 Å². The normalized spacial score (nSPS) is 10.1. The number of rotatable bonds is 5. The third kappa shape index (κ3) is 4.87. The number of benzene rings is 1. The highest BCUT2D eigenvalue weighted by Gasteiger charge is 2.08. The Bertz CT molecular complexity index is 445. The third-order valence-electron chi connectivity index (χ3n) is 2.86. The molecule has 104 valence electrons. The fourth-order valence-electron chi connectivity index (χ4n) is 1.69. The fraction of sp³-hybridized carbons (Fsp3) is 0.429. The van der Waals surface area contributed by atoms with E-state index in [9.17, 15) is 4.79 Å². The van der Waals surface area contributed by atoms with Crippen LogP contribution in [0.5, 0.6) is 0 Å². The highest BCUT2D eigenvalue weighted by molar-refractivity contribution is 7.80. The zero-order valence-corrected chi connectivity index (χ0v) is 12.3. The van der Waals surface area contributed by atoms with Gasteiger partial charge < -0.3 is 15.4 Å². The average molecular weight is 280 g/mol.